The lowest BCUT2D eigenvalue weighted by Crippen LogP contribution is -2.53. The number of hydrogen-bond donors (Lipinski definition) is 1. The topological polar surface area (TPSA) is 55.6 Å². The second-order valence-corrected chi connectivity index (χ2v) is 5.30. The van der Waals surface area contributed by atoms with Crippen LogP contribution in [0.15, 0.2) is 0 Å². The number of carbonyl (C=O) groups is 1. The molecule has 0 aromatic carbocycles. The van der Waals surface area contributed by atoms with Crippen molar-refractivity contribution in [2.45, 2.75) is 38.6 Å². The van der Waals surface area contributed by atoms with Crippen molar-refractivity contribution in [1.82, 2.24) is 4.90 Å². The van der Waals surface area contributed by atoms with Gasteiger partial charge in [-0.3, -0.25) is 9.69 Å². The van der Waals surface area contributed by atoms with Gasteiger partial charge in [-0.25, -0.2) is 0 Å². The molecule has 2 saturated heterocycles. The molecule has 0 amide bonds. The number of fused-ring (bicyclic) bond motifs is 3. The molecule has 2 aliphatic heterocycles. The van der Waals surface area contributed by atoms with Crippen LogP contribution in [0.1, 0.15) is 32.6 Å². The second-order valence-electron chi connectivity index (χ2n) is 5.30. The summed E-state index contributed by atoms with van der Waals surface area (Å²) in [6.07, 6.45) is 4.93. The van der Waals surface area contributed by atoms with Crippen LogP contribution in [0.4, 0.5) is 0 Å². The molecule has 3 fully saturated rings. The molecule has 0 aromatic heterocycles. The van der Waals surface area contributed by atoms with Gasteiger partial charge < -0.3 is 10.5 Å². The lowest BCUT2D eigenvalue weighted by Gasteiger charge is -2.49. The lowest BCUT2D eigenvalue weighted by molar-refractivity contribution is -0.147. The Labute approximate surface area is 103 Å². The van der Waals surface area contributed by atoms with Gasteiger partial charge in [0.05, 0.1) is 13.2 Å². The number of ether oxygens (including phenoxy) is 1. The Morgan fingerprint density at radius 3 is 2.88 bits per heavy atom. The van der Waals surface area contributed by atoms with E-state index in [2.05, 4.69) is 4.90 Å². The van der Waals surface area contributed by atoms with Gasteiger partial charge in [0.1, 0.15) is 0 Å². The molecule has 2 N–H and O–H groups in total. The van der Waals surface area contributed by atoms with Gasteiger partial charge in [0.25, 0.3) is 0 Å². The van der Waals surface area contributed by atoms with Gasteiger partial charge in [0.15, 0.2) is 0 Å². The smallest absolute Gasteiger partial charge is 0.320 e. The molecule has 3 rings (SSSR count). The molecule has 98 valence electrons. The standard InChI is InChI=1S/C13H24N2O2/c1-2-17-13(16)9-15-8-11-3-4-12(15)7-10(11)5-6-14/h10-12H,2-9,14H2,1H3. The van der Waals surface area contributed by atoms with Crippen LogP contribution in [-0.4, -0.2) is 43.2 Å². The number of rotatable bonds is 5. The fourth-order valence-corrected chi connectivity index (χ4v) is 3.46. The average Bonchev–Trinajstić information content (AvgIpc) is 2.31. The summed E-state index contributed by atoms with van der Waals surface area (Å²) < 4.78 is 5.03. The number of nitrogens with two attached hydrogens (primary N) is 1. The van der Waals surface area contributed by atoms with E-state index in [0.29, 0.717) is 19.2 Å². The summed E-state index contributed by atoms with van der Waals surface area (Å²) in [7, 11) is 0. The highest BCUT2D eigenvalue weighted by Gasteiger charge is 2.40. The summed E-state index contributed by atoms with van der Waals surface area (Å²) in [6, 6.07) is 0.584. The van der Waals surface area contributed by atoms with Gasteiger partial charge in [-0.2, -0.15) is 0 Å². The number of nitrogens with zero attached hydrogens (tertiary/aromatic N) is 1. The third kappa shape index (κ3) is 2.99. The summed E-state index contributed by atoms with van der Waals surface area (Å²) in [6.45, 7) is 4.68. The highest BCUT2D eigenvalue weighted by atomic mass is 16.5. The van der Waals surface area contributed by atoms with E-state index in [0.717, 1.165) is 31.3 Å². The molecule has 17 heavy (non-hydrogen) atoms. The van der Waals surface area contributed by atoms with E-state index in [9.17, 15) is 4.79 Å². The van der Waals surface area contributed by atoms with Crippen molar-refractivity contribution < 1.29 is 9.53 Å². The van der Waals surface area contributed by atoms with Crippen LogP contribution in [0.25, 0.3) is 0 Å². The molecule has 0 aromatic rings. The molecule has 3 aliphatic rings. The van der Waals surface area contributed by atoms with Gasteiger partial charge in [-0.15, -0.1) is 0 Å². The van der Waals surface area contributed by atoms with Gasteiger partial charge in [0, 0.05) is 12.6 Å². The number of hydrogen-bond acceptors (Lipinski definition) is 4. The van der Waals surface area contributed by atoms with E-state index in [1.807, 2.05) is 6.92 Å². The summed E-state index contributed by atoms with van der Waals surface area (Å²) in [5, 5.41) is 0. The van der Waals surface area contributed by atoms with Crippen molar-refractivity contribution in [3.05, 3.63) is 0 Å². The second kappa shape index (κ2) is 5.83. The minimum absolute atomic E-state index is 0.0737. The fraction of sp³-hybridized carbons (Fsp3) is 0.923. The third-order valence-electron chi connectivity index (χ3n) is 4.27. The fourth-order valence-electron chi connectivity index (χ4n) is 3.46. The first-order valence-corrected chi connectivity index (χ1v) is 6.84. The predicted octanol–water partition coefficient (Wildman–Crippen LogP) is 0.999. The molecule has 2 heterocycles. The van der Waals surface area contributed by atoms with E-state index in [4.69, 9.17) is 10.5 Å². The maximum atomic E-state index is 11.5. The summed E-state index contributed by atoms with van der Waals surface area (Å²) in [5.41, 5.74) is 5.66. The van der Waals surface area contributed by atoms with Crippen LogP contribution >= 0.6 is 0 Å². The van der Waals surface area contributed by atoms with E-state index < -0.39 is 0 Å². The molecular weight excluding hydrogens is 216 g/mol. The average molecular weight is 240 g/mol. The molecule has 1 saturated carbocycles. The van der Waals surface area contributed by atoms with Crippen LogP contribution in [0.5, 0.6) is 0 Å². The summed E-state index contributed by atoms with van der Waals surface area (Å²) in [4.78, 5) is 13.8. The largest absolute Gasteiger partial charge is 0.465 e. The van der Waals surface area contributed by atoms with Gasteiger partial charge in [0.2, 0.25) is 0 Å². The molecule has 4 heteroatoms. The van der Waals surface area contributed by atoms with Gasteiger partial charge in [-0.05, 0) is 51.0 Å². The molecule has 1 aliphatic carbocycles. The molecular formula is C13H24N2O2. The lowest BCUT2D eigenvalue weighted by atomic mass is 9.71. The van der Waals surface area contributed by atoms with Crippen LogP contribution in [0.3, 0.4) is 0 Å². The highest BCUT2D eigenvalue weighted by Crippen LogP contribution is 2.40. The van der Waals surface area contributed by atoms with Gasteiger partial charge >= 0.3 is 5.97 Å². The molecule has 3 atom stereocenters. The molecule has 0 radical (unpaired) electrons. The summed E-state index contributed by atoms with van der Waals surface area (Å²) >= 11 is 0. The minimum atomic E-state index is -0.0737. The predicted molar refractivity (Wildman–Crippen MR) is 66.5 cm³/mol. The highest BCUT2D eigenvalue weighted by molar-refractivity contribution is 5.71. The van der Waals surface area contributed by atoms with Crippen molar-refractivity contribution in [1.29, 1.82) is 0 Å². The van der Waals surface area contributed by atoms with Crippen molar-refractivity contribution in [2.24, 2.45) is 17.6 Å². The maximum Gasteiger partial charge on any atom is 0.320 e. The number of piperidine rings is 2. The Balaban J connectivity index is 1.86. The van der Waals surface area contributed by atoms with Crippen molar-refractivity contribution >= 4 is 5.97 Å². The maximum absolute atomic E-state index is 11.5. The Morgan fingerprint density at radius 2 is 2.29 bits per heavy atom. The quantitative estimate of drug-likeness (QED) is 0.728. The first-order valence-electron chi connectivity index (χ1n) is 6.84. The number of carbonyl (C=O) groups excluding carboxylic acids is 1. The zero-order chi connectivity index (χ0) is 12.3. The van der Waals surface area contributed by atoms with E-state index in [1.165, 1.54) is 19.3 Å². The first kappa shape index (κ1) is 12.8. The minimum Gasteiger partial charge on any atom is -0.465 e. The Bertz CT molecular complexity index is 270. The third-order valence-corrected chi connectivity index (χ3v) is 4.27. The van der Waals surface area contributed by atoms with Crippen LogP contribution < -0.4 is 5.73 Å². The van der Waals surface area contributed by atoms with E-state index in [-0.39, 0.29) is 5.97 Å². The molecule has 2 bridgehead atoms. The first-order chi connectivity index (χ1) is 8.24. The van der Waals surface area contributed by atoms with E-state index >= 15 is 0 Å². The monoisotopic (exact) mass is 240 g/mol. The SMILES string of the molecule is CCOC(=O)CN1CC2CCC1CC2CCN. The van der Waals surface area contributed by atoms with Crippen molar-refractivity contribution in [3.8, 4) is 0 Å². The van der Waals surface area contributed by atoms with Gasteiger partial charge in [-0.1, -0.05) is 0 Å². The van der Waals surface area contributed by atoms with E-state index in [1.54, 1.807) is 0 Å². The molecule has 3 unspecified atom stereocenters. The van der Waals surface area contributed by atoms with Crippen LogP contribution in [-0.2, 0) is 9.53 Å². The van der Waals surface area contributed by atoms with Crippen molar-refractivity contribution in [2.75, 3.05) is 26.2 Å². The zero-order valence-electron chi connectivity index (χ0n) is 10.7. The number of esters is 1. The Hall–Kier alpha value is -0.610. The normalized spacial score (nSPS) is 32.7. The summed E-state index contributed by atoms with van der Waals surface area (Å²) in [5.74, 6) is 1.46. The molecule has 0 spiro atoms. The van der Waals surface area contributed by atoms with Crippen LogP contribution in [0.2, 0.25) is 0 Å². The van der Waals surface area contributed by atoms with Crippen LogP contribution in [0, 0.1) is 11.8 Å². The zero-order valence-corrected chi connectivity index (χ0v) is 10.7. The Morgan fingerprint density at radius 1 is 1.47 bits per heavy atom. The van der Waals surface area contributed by atoms with Crippen molar-refractivity contribution in [3.63, 3.8) is 0 Å². The Kier molecular flexibility index (Phi) is 4.40. The molecule has 4 nitrogen and oxygen atoms in total.